The summed E-state index contributed by atoms with van der Waals surface area (Å²) in [5.41, 5.74) is 1.60. The lowest BCUT2D eigenvalue weighted by Gasteiger charge is -1.95. The van der Waals surface area contributed by atoms with Gasteiger partial charge < -0.3 is 4.98 Å². The second-order valence-corrected chi connectivity index (χ2v) is 4.97. The van der Waals surface area contributed by atoms with Gasteiger partial charge in [-0.25, -0.2) is 4.98 Å². The number of anilines is 1. The first kappa shape index (κ1) is 11.8. The summed E-state index contributed by atoms with van der Waals surface area (Å²) in [6, 6.07) is 7.49. The van der Waals surface area contributed by atoms with Crippen molar-refractivity contribution in [1.82, 2.24) is 20.2 Å². The number of benzene rings is 1. The summed E-state index contributed by atoms with van der Waals surface area (Å²) < 4.78 is 0. The van der Waals surface area contributed by atoms with E-state index >= 15 is 0 Å². The van der Waals surface area contributed by atoms with Gasteiger partial charge in [0.2, 0.25) is 5.13 Å². The van der Waals surface area contributed by atoms with Crippen LogP contribution in [0.2, 0.25) is 0 Å². The van der Waals surface area contributed by atoms with Crippen LogP contribution in [0.1, 0.15) is 22.6 Å². The number of H-pyrrole nitrogens is 1. The molecule has 2 heterocycles. The van der Waals surface area contributed by atoms with Crippen LogP contribution >= 0.6 is 11.3 Å². The predicted octanol–water partition coefficient (Wildman–Crippen LogP) is 2.23. The van der Waals surface area contributed by atoms with Crippen molar-refractivity contribution in [3.63, 3.8) is 0 Å². The molecular formula is C12H11N5OS. The van der Waals surface area contributed by atoms with Gasteiger partial charge in [-0.2, -0.15) is 0 Å². The van der Waals surface area contributed by atoms with Gasteiger partial charge in [0.05, 0.1) is 11.0 Å². The molecule has 3 aromatic rings. The number of hydrogen-bond donors (Lipinski definition) is 2. The smallest absolute Gasteiger partial charge is 0.293 e. The van der Waals surface area contributed by atoms with E-state index in [0.29, 0.717) is 5.13 Å². The first-order valence-corrected chi connectivity index (χ1v) is 6.66. The van der Waals surface area contributed by atoms with Crippen molar-refractivity contribution in [3.05, 3.63) is 35.1 Å². The third-order valence-corrected chi connectivity index (χ3v) is 3.58. The molecule has 0 atom stereocenters. The normalized spacial score (nSPS) is 10.8. The van der Waals surface area contributed by atoms with E-state index in [1.165, 1.54) is 11.3 Å². The van der Waals surface area contributed by atoms with Crippen molar-refractivity contribution in [2.45, 2.75) is 13.3 Å². The minimum absolute atomic E-state index is 0.273. The van der Waals surface area contributed by atoms with E-state index in [1.807, 2.05) is 31.2 Å². The Morgan fingerprint density at radius 2 is 2.21 bits per heavy atom. The quantitative estimate of drug-likeness (QED) is 0.766. The molecule has 0 saturated carbocycles. The fourth-order valence-corrected chi connectivity index (χ4v) is 2.34. The standard InChI is InChI=1S/C12H11N5OS/c1-2-9-16-17-12(19-9)15-11(18)10-13-7-5-3-4-6-8(7)14-10/h3-6H,2H2,1H3,(H,13,14)(H,15,17,18). The minimum Gasteiger partial charge on any atom is -0.334 e. The van der Waals surface area contributed by atoms with Crippen LogP contribution in [-0.4, -0.2) is 26.1 Å². The lowest BCUT2D eigenvalue weighted by molar-refractivity contribution is 0.101. The van der Waals surface area contributed by atoms with Gasteiger partial charge in [0, 0.05) is 0 Å². The second-order valence-electron chi connectivity index (χ2n) is 3.91. The average Bonchev–Trinajstić information content (AvgIpc) is 3.04. The number of nitrogens with zero attached hydrogens (tertiary/aromatic N) is 3. The fourth-order valence-electron chi connectivity index (χ4n) is 1.66. The Morgan fingerprint density at radius 3 is 2.95 bits per heavy atom. The maximum absolute atomic E-state index is 12.0. The average molecular weight is 273 g/mol. The highest BCUT2D eigenvalue weighted by atomic mass is 32.1. The van der Waals surface area contributed by atoms with E-state index in [4.69, 9.17) is 0 Å². The summed E-state index contributed by atoms with van der Waals surface area (Å²) in [5, 5.41) is 11.9. The Morgan fingerprint density at radius 1 is 1.37 bits per heavy atom. The highest BCUT2D eigenvalue weighted by molar-refractivity contribution is 7.15. The van der Waals surface area contributed by atoms with E-state index in [-0.39, 0.29) is 11.7 Å². The molecule has 0 aliphatic rings. The molecule has 3 rings (SSSR count). The fraction of sp³-hybridized carbons (Fsp3) is 0.167. The molecule has 0 spiro atoms. The van der Waals surface area contributed by atoms with Crippen LogP contribution in [0.15, 0.2) is 24.3 Å². The highest BCUT2D eigenvalue weighted by Crippen LogP contribution is 2.17. The lowest BCUT2D eigenvalue weighted by atomic mass is 10.3. The Balaban J connectivity index is 1.83. The molecule has 1 aromatic carbocycles. The van der Waals surface area contributed by atoms with Gasteiger partial charge >= 0.3 is 0 Å². The molecule has 96 valence electrons. The van der Waals surface area contributed by atoms with E-state index in [2.05, 4.69) is 25.5 Å². The number of nitrogens with one attached hydrogen (secondary N) is 2. The van der Waals surface area contributed by atoms with Gasteiger partial charge in [0.25, 0.3) is 5.91 Å². The van der Waals surface area contributed by atoms with E-state index in [1.54, 1.807) is 0 Å². The number of amides is 1. The molecule has 2 N–H and O–H groups in total. The summed E-state index contributed by atoms with van der Waals surface area (Å²) in [6.45, 7) is 1.99. The van der Waals surface area contributed by atoms with Crippen LogP contribution in [0.5, 0.6) is 0 Å². The van der Waals surface area contributed by atoms with Gasteiger partial charge in [-0.1, -0.05) is 30.4 Å². The summed E-state index contributed by atoms with van der Waals surface area (Å²) >= 11 is 1.37. The monoisotopic (exact) mass is 273 g/mol. The molecule has 2 aromatic heterocycles. The lowest BCUT2D eigenvalue weighted by Crippen LogP contribution is -2.13. The molecule has 0 saturated heterocycles. The predicted molar refractivity (Wildman–Crippen MR) is 73.3 cm³/mol. The zero-order valence-corrected chi connectivity index (χ0v) is 11.0. The zero-order chi connectivity index (χ0) is 13.2. The maximum atomic E-state index is 12.0. The molecule has 1 amide bonds. The maximum Gasteiger partial charge on any atom is 0.293 e. The number of imidazole rings is 1. The number of aryl methyl sites for hydroxylation is 1. The van der Waals surface area contributed by atoms with Crippen molar-refractivity contribution in [1.29, 1.82) is 0 Å². The largest absolute Gasteiger partial charge is 0.334 e. The molecular weight excluding hydrogens is 262 g/mol. The van der Waals surface area contributed by atoms with Gasteiger partial charge in [0.15, 0.2) is 5.82 Å². The minimum atomic E-state index is -0.310. The van der Waals surface area contributed by atoms with Crippen molar-refractivity contribution in [2.75, 3.05) is 5.32 Å². The van der Waals surface area contributed by atoms with Crippen molar-refractivity contribution in [3.8, 4) is 0 Å². The summed E-state index contributed by atoms with van der Waals surface area (Å²) in [7, 11) is 0. The van der Waals surface area contributed by atoms with Gasteiger partial charge in [0.1, 0.15) is 5.01 Å². The summed E-state index contributed by atoms with van der Waals surface area (Å²) in [4.78, 5) is 19.2. The number of carbonyl (C=O) groups is 1. The highest BCUT2D eigenvalue weighted by Gasteiger charge is 2.13. The van der Waals surface area contributed by atoms with Crippen LogP contribution < -0.4 is 5.32 Å². The first-order chi connectivity index (χ1) is 9.26. The number of aromatic nitrogens is 4. The molecule has 6 nitrogen and oxygen atoms in total. The van der Waals surface area contributed by atoms with Crippen LogP contribution in [0.4, 0.5) is 5.13 Å². The van der Waals surface area contributed by atoms with Crippen molar-refractivity contribution < 1.29 is 4.79 Å². The van der Waals surface area contributed by atoms with Gasteiger partial charge in [-0.15, -0.1) is 10.2 Å². The molecule has 0 radical (unpaired) electrons. The number of fused-ring (bicyclic) bond motifs is 1. The topological polar surface area (TPSA) is 83.6 Å². The summed E-state index contributed by atoms with van der Waals surface area (Å²) in [5.74, 6) is -0.0375. The Kier molecular flexibility index (Phi) is 2.96. The molecule has 0 aliphatic heterocycles. The first-order valence-electron chi connectivity index (χ1n) is 5.84. The summed E-state index contributed by atoms with van der Waals surface area (Å²) in [6.07, 6.45) is 0.804. The van der Waals surface area contributed by atoms with E-state index in [0.717, 1.165) is 22.5 Å². The Bertz CT molecular complexity index is 699. The van der Waals surface area contributed by atoms with Crippen LogP contribution in [0.3, 0.4) is 0 Å². The number of rotatable bonds is 3. The van der Waals surface area contributed by atoms with Crippen molar-refractivity contribution in [2.24, 2.45) is 0 Å². The zero-order valence-electron chi connectivity index (χ0n) is 10.2. The number of para-hydroxylation sites is 2. The Hall–Kier alpha value is -2.28. The number of aromatic amines is 1. The molecule has 0 aliphatic carbocycles. The van der Waals surface area contributed by atoms with Gasteiger partial charge in [-0.3, -0.25) is 10.1 Å². The van der Waals surface area contributed by atoms with Gasteiger partial charge in [-0.05, 0) is 18.6 Å². The van der Waals surface area contributed by atoms with E-state index < -0.39 is 0 Å². The molecule has 0 bridgehead atoms. The van der Waals surface area contributed by atoms with E-state index in [9.17, 15) is 4.79 Å². The molecule has 7 heteroatoms. The second kappa shape index (κ2) is 4.77. The molecule has 0 unspecified atom stereocenters. The molecule has 19 heavy (non-hydrogen) atoms. The molecule has 0 fully saturated rings. The number of carbonyl (C=O) groups excluding carboxylic acids is 1. The van der Waals surface area contributed by atoms with Crippen molar-refractivity contribution >= 4 is 33.4 Å². The Labute approximate surface area is 112 Å². The van der Waals surface area contributed by atoms with Crippen LogP contribution in [0, 0.1) is 0 Å². The van der Waals surface area contributed by atoms with Crippen LogP contribution in [-0.2, 0) is 6.42 Å². The van der Waals surface area contributed by atoms with Crippen LogP contribution in [0.25, 0.3) is 11.0 Å². The third kappa shape index (κ3) is 2.32. The third-order valence-electron chi connectivity index (χ3n) is 2.59. The number of hydrogen-bond acceptors (Lipinski definition) is 5. The SMILES string of the molecule is CCc1nnc(NC(=O)c2nc3ccccc3[nH]2)s1.